The molecule has 0 radical (unpaired) electrons. The first kappa shape index (κ1) is 10.8. The summed E-state index contributed by atoms with van der Waals surface area (Å²) in [5.74, 6) is 0. The van der Waals surface area contributed by atoms with Crippen molar-refractivity contribution in [3.05, 3.63) is 30.8 Å². The van der Waals surface area contributed by atoms with Gasteiger partial charge in [-0.25, -0.2) is 0 Å². The molecule has 1 N–H and O–H groups in total. The molecule has 0 bridgehead atoms. The molecule has 78 valence electrons. The number of rotatable bonds is 7. The lowest BCUT2D eigenvalue weighted by Crippen LogP contribution is -2.17. The van der Waals surface area contributed by atoms with Gasteiger partial charge in [0, 0.05) is 19.8 Å². The van der Waals surface area contributed by atoms with Crippen LogP contribution in [0.25, 0.3) is 0 Å². The predicted octanol–water partition coefficient (Wildman–Crippen LogP) is 1.06. The van der Waals surface area contributed by atoms with E-state index in [9.17, 15) is 0 Å². The SMILES string of the molecule is C=COCCCNCc1ccnn1C. The first-order valence-corrected chi connectivity index (χ1v) is 4.74. The largest absolute Gasteiger partial charge is 0.502 e. The second kappa shape index (κ2) is 6.21. The van der Waals surface area contributed by atoms with Gasteiger partial charge < -0.3 is 10.1 Å². The van der Waals surface area contributed by atoms with E-state index in [4.69, 9.17) is 4.74 Å². The van der Waals surface area contributed by atoms with Crippen molar-refractivity contribution in [2.75, 3.05) is 13.2 Å². The van der Waals surface area contributed by atoms with Gasteiger partial charge in [-0.2, -0.15) is 5.10 Å². The average molecular weight is 195 g/mol. The predicted molar refractivity (Wildman–Crippen MR) is 55.7 cm³/mol. The summed E-state index contributed by atoms with van der Waals surface area (Å²) in [6.45, 7) is 6.00. The first-order chi connectivity index (χ1) is 6.84. The highest BCUT2D eigenvalue weighted by Gasteiger charge is 1.96. The van der Waals surface area contributed by atoms with E-state index in [0.29, 0.717) is 0 Å². The lowest BCUT2D eigenvalue weighted by atomic mass is 10.4. The molecule has 0 saturated heterocycles. The molecule has 1 aromatic rings. The zero-order valence-electron chi connectivity index (χ0n) is 8.57. The highest BCUT2D eigenvalue weighted by atomic mass is 16.5. The van der Waals surface area contributed by atoms with Gasteiger partial charge in [0.15, 0.2) is 0 Å². The third-order valence-electron chi connectivity index (χ3n) is 1.96. The van der Waals surface area contributed by atoms with Gasteiger partial charge >= 0.3 is 0 Å². The molecule has 0 spiro atoms. The number of hydrogen-bond acceptors (Lipinski definition) is 3. The number of nitrogens with one attached hydrogen (secondary N) is 1. The average Bonchev–Trinajstić information content (AvgIpc) is 2.58. The Morgan fingerprint density at radius 1 is 1.71 bits per heavy atom. The molecule has 0 atom stereocenters. The van der Waals surface area contributed by atoms with Gasteiger partial charge in [0.05, 0.1) is 18.6 Å². The highest BCUT2D eigenvalue weighted by Crippen LogP contribution is 1.94. The van der Waals surface area contributed by atoms with Gasteiger partial charge in [-0.15, -0.1) is 0 Å². The number of hydrogen-bond donors (Lipinski definition) is 1. The smallest absolute Gasteiger partial charge is 0.0885 e. The molecule has 1 aromatic heterocycles. The number of nitrogens with zero attached hydrogens (tertiary/aromatic N) is 2. The van der Waals surface area contributed by atoms with E-state index < -0.39 is 0 Å². The Morgan fingerprint density at radius 3 is 3.21 bits per heavy atom. The standard InChI is InChI=1S/C10H17N3O/c1-3-14-8-4-6-11-9-10-5-7-12-13(10)2/h3,5,7,11H,1,4,6,8-9H2,2H3. The van der Waals surface area contributed by atoms with E-state index in [1.165, 1.54) is 12.0 Å². The minimum atomic E-state index is 0.724. The molecule has 1 heterocycles. The molecular weight excluding hydrogens is 178 g/mol. The van der Waals surface area contributed by atoms with Crippen molar-refractivity contribution >= 4 is 0 Å². The lowest BCUT2D eigenvalue weighted by molar-refractivity contribution is 0.244. The van der Waals surface area contributed by atoms with Crippen LogP contribution in [0, 0.1) is 0 Å². The van der Waals surface area contributed by atoms with E-state index in [1.807, 2.05) is 17.8 Å². The Balaban J connectivity index is 2.04. The molecule has 0 amide bonds. The third kappa shape index (κ3) is 3.62. The Kier molecular flexibility index (Phi) is 4.78. The molecular formula is C10H17N3O. The molecule has 0 aliphatic carbocycles. The second-order valence-electron chi connectivity index (χ2n) is 3.01. The van der Waals surface area contributed by atoms with Crippen molar-refractivity contribution in [2.24, 2.45) is 7.05 Å². The van der Waals surface area contributed by atoms with E-state index >= 15 is 0 Å². The van der Waals surface area contributed by atoms with Crippen LogP contribution in [0.2, 0.25) is 0 Å². The van der Waals surface area contributed by atoms with Crippen molar-refractivity contribution in [1.29, 1.82) is 0 Å². The molecule has 0 fully saturated rings. The maximum absolute atomic E-state index is 5.00. The molecule has 0 aliphatic heterocycles. The van der Waals surface area contributed by atoms with Crippen LogP contribution in [-0.2, 0) is 18.3 Å². The second-order valence-corrected chi connectivity index (χ2v) is 3.01. The number of aryl methyl sites for hydroxylation is 1. The summed E-state index contributed by atoms with van der Waals surface area (Å²) in [6.07, 6.45) is 4.27. The van der Waals surface area contributed by atoms with E-state index in [-0.39, 0.29) is 0 Å². The Hall–Kier alpha value is -1.29. The molecule has 0 unspecified atom stereocenters. The van der Waals surface area contributed by atoms with Crippen LogP contribution in [0.15, 0.2) is 25.1 Å². The van der Waals surface area contributed by atoms with Crippen LogP contribution in [0.4, 0.5) is 0 Å². The zero-order valence-corrected chi connectivity index (χ0v) is 8.57. The van der Waals surface area contributed by atoms with Crippen LogP contribution < -0.4 is 5.32 Å². The minimum absolute atomic E-state index is 0.724. The van der Waals surface area contributed by atoms with Crippen molar-refractivity contribution in [2.45, 2.75) is 13.0 Å². The molecule has 4 nitrogen and oxygen atoms in total. The van der Waals surface area contributed by atoms with Gasteiger partial charge in [-0.05, 0) is 19.0 Å². The fourth-order valence-corrected chi connectivity index (χ4v) is 1.16. The van der Waals surface area contributed by atoms with Crippen LogP contribution in [0.5, 0.6) is 0 Å². The van der Waals surface area contributed by atoms with Crippen molar-refractivity contribution in [3.8, 4) is 0 Å². The summed E-state index contributed by atoms with van der Waals surface area (Å²) >= 11 is 0. The van der Waals surface area contributed by atoms with Gasteiger partial charge in [0.1, 0.15) is 0 Å². The Bertz CT molecular complexity index is 270. The monoisotopic (exact) mass is 195 g/mol. The molecule has 0 aromatic carbocycles. The van der Waals surface area contributed by atoms with Crippen LogP contribution >= 0.6 is 0 Å². The van der Waals surface area contributed by atoms with Crippen molar-refractivity contribution in [3.63, 3.8) is 0 Å². The molecule has 4 heteroatoms. The van der Waals surface area contributed by atoms with Crippen molar-refractivity contribution < 1.29 is 4.74 Å². The summed E-state index contributed by atoms with van der Waals surface area (Å²) in [4.78, 5) is 0. The Morgan fingerprint density at radius 2 is 2.57 bits per heavy atom. The summed E-state index contributed by atoms with van der Waals surface area (Å²) in [7, 11) is 1.94. The minimum Gasteiger partial charge on any atom is -0.502 e. The fraction of sp³-hybridized carbons (Fsp3) is 0.500. The van der Waals surface area contributed by atoms with Crippen LogP contribution in [0.3, 0.4) is 0 Å². The van der Waals surface area contributed by atoms with Gasteiger partial charge in [-0.3, -0.25) is 4.68 Å². The van der Waals surface area contributed by atoms with Gasteiger partial charge in [-0.1, -0.05) is 6.58 Å². The fourth-order valence-electron chi connectivity index (χ4n) is 1.16. The topological polar surface area (TPSA) is 39.1 Å². The maximum Gasteiger partial charge on any atom is 0.0885 e. The van der Waals surface area contributed by atoms with Crippen molar-refractivity contribution in [1.82, 2.24) is 15.1 Å². The van der Waals surface area contributed by atoms with Crippen LogP contribution in [-0.4, -0.2) is 22.9 Å². The van der Waals surface area contributed by atoms with Crippen LogP contribution in [0.1, 0.15) is 12.1 Å². The van der Waals surface area contributed by atoms with E-state index in [1.54, 1.807) is 6.20 Å². The molecule has 14 heavy (non-hydrogen) atoms. The lowest BCUT2D eigenvalue weighted by Gasteiger charge is -2.04. The maximum atomic E-state index is 5.00. The van der Waals surface area contributed by atoms with Gasteiger partial charge in [0.25, 0.3) is 0 Å². The van der Waals surface area contributed by atoms with Gasteiger partial charge in [0.2, 0.25) is 0 Å². The molecule has 1 rings (SSSR count). The number of aromatic nitrogens is 2. The highest BCUT2D eigenvalue weighted by molar-refractivity contribution is 4.98. The summed E-state index contributed by atoms with van der Waals surface area (Å²) < 4.78 is 6.87. The molecule has 0 aliphatic rings. The quantitative estimate of drug-likeness (QED) is 0.522. The Labute approximate surface area is 84.6 Å². The molecule has 0 saturated carbocycles. The third-order valence-corrected chi connectivity index (χ3v) is 1.96. The first-order valence-electron chi connectivity index (χ1n) is 4.74. The van der Waals surface area contributed by atoms with E-state index in [0.717, 1.165) is 26.1 Å². The summed E-state index contributed by atoms with van der Waals surface area (Å²) in [5.41, 5.74) is 1.19. The zero-order chi connectivity index (χ0) is 10.2. The van der Waals surface area contributed by atoms with E-state index in [2.05, 4.69) is 17.0 Å². The normalized spacial score (nSPS) is 10.1. The number of ether oxygens (including phenoxy) is 1. The summed E-state index contributed by atoms with van der Waals surface area (Å²) in [5, 5.41) is 7.40. The summed E-state index contributed by atoms with van der Waals surface area (Å²) in [6, 6.07) is 2.01.